The normalized spacial score (nSPS) is 25.8. The highest BCUT2D eigenvalue weighted by atomic mass is 32.2. The van der Waals surface area contributed by atoms with Gasteiger partial charge in [-0.05, 0) is 12.7 Å². The summed E-state index contributed by atoms with van der Waals surface area (Å²) in [5.41, 5.74) is 10.6. The number of rotatable bonds is 6. The summed E-state index contributed by atoms with van der Waals surface area (Å²) in [5.74, 6) is 5.95. The Bertz CT molecular complexity index is 687. The third-order valence-electron chi connectivity index (χ3n) is 3.63. The van der Waals surface area contributed by atoms with Crippen molar-refractivity contribution < 1.29 is 18.5 Å². The molecule has 0 bridgehead atoms. The van der Waals surface area contributed by atoms with Gasteiger partial charge in [-0.2, -0.15) is 12.7 Å². The predicted molar refractivity (Wildman–Crippen MR) is 89.2 cm³/mol. The second-order valence-corrected chi connectivity index (χ2v) is 6.94. The molecule has 1 saturated heterocycles. The maximum atomic E-state index is 12.2. The van der Waals surface area contributed by atoms with Gasteiger partial charge in [0.05, 0.1) is 5.54 Å². The molecule has 13 heteroatoms. The molecule has 0 saturated carbocycles. The molecule has 24 heavy (non-hydrogen) atoms. The molecular weight excluding hydrogens is 337 g/mol. The van der Waals surface area contributed by atoms with Crippen molar-refractivity contribution in [2.75, 3.05) is 13.1 Å². The minimum atomic E-state index is -4.19. The van der Waals surface area contributed by atoms with E-state index in [4.69, 9.17) is 33.8 Å². The number of terminal acetylenes is 1. The zero-order chi connectivity index (χ0) is 18.5. The van der Waals surface area contributed by atoms with Crippen molar-refractivity contribution in [3.8, 4) is 12.3 Å². The summed E-state index contributed by atoms with van der Waals surface area (Å²) in [6.45, 7) is 3.56. The van der Waals surface area contributed by atoms with Crippen LogP contribution in [0.25, 0.3) is 0 Å². The standard InChI is InChI=1S/C11H20BN7O4S/c1-3-11(14)7-19(24(22,23)17-10(13)16-18-15)6-9(11)8(2)4-5-12(20)21/h1,9,20-21H,2,4-7,14H2,(H4,13,15,16,17)/t9-,11+/m1/s1. The second-order valence-electron chi connectivity index (χ2n) is 5.35. The molecular formula is C11H20BN7O4S. The van der Waals surface area contributed by atoms with E-state index in [0.717, 1.165) is 4.31 Å². The molecule has 0 aromatic carbocycles. The maximum Gasteiger partial charge on any atom is 0.451 e. The minimum Gasteiger partial charge on any atom is -0.427 e. The molecule has 1 aliphatic heterocycles. The van der Waals surface area contributed by atoms with Crippen LogP contribution in [0.3, 0.4) is 0 Å². The van der Waals surface area contributed by atoms with Crippen molar-refractivity contribution in [1.29, 1.82) is 0 Å². The summed E-state index contributed by atoms with van der Waals surface area (Å²) < 4.78 is 28.7. The Kier molecular flexibility index (Phi) is 6.46. The molecule has 8 N–H and O–H groups in total. The molecule has 0 aromatic heterocycles. The molecule has 0 aromatic rings. The SMILES string of the molecule is C#C[C@]1(N)CN(S(=O)(=O)N=C(N)N=NN)C[C@@H]1C(=C)CCB(O)O. The molecule has 1 aliphatic rings. The molecule has 0 radical (unpaired) electrons. The van der Waals surface area contributed by atoms with Crippen LogP contribution in [0.1, 0.15) is 6.42 Å². The van der Waals surface area contributed by atoms with Crippen molar-refractivity contribution in [3.63, 3.8) is 0 Å². The lowest BCUT2D eigenvalue weighted by atomic mass is 9.76. The quantitative estimate of drug-likeness (QED) is 0.0509. The van der Waals surface area contributed by atoms with Gasteiger partial charge in [0, 0.05) is 19.0 Å². The van der Waals surface area contributed by atoms with E-state index in [2.05, 4.69) is 27.2 Å². The monoisotopic (exact) mass is 357 g/mol. The van der Waals surface area contributed by atoms with Gasteiger partial charge in [-0.1, -0.05) is 28.4 Å². The topological polar surface area (TPSA) is 193 Å². The van der Waals surface area contributed by atoms with E-state index in [1.54, 1.807) is 0 Å². The van der Waals surface area contributed by atoms with Crippen LogP contribution in [-0.4, -0.2) is 54.5 Å². The maximum absolute atomic E-state index is 12.2. The first-order valence-corrected chi connectivity index (χ1v) is 8.22. The fourth-order valence-corrected chi connectivity index (χ4v) is 3.49. The number of nitrogens with two attached hydrogens (primary N) is 3. The van der Waals surface area contributed by atoms with Crippen LogP contribution >= 0.6 is 0 Å². The van der Waals surface area contributed by atoms with E-state index < -0.39 is 34.7 Å². The van der Waals surface area contributed by atoms with Gasteiger partial charge in [0.15, 0.2) is 0 Å². The van der Waals surface area contributed by atoms with Crippen LogP contribution in [0.4, 0.5) is 0 Å². The van der Waals surface area contributed by atoms with Crippen LogP contribution in [0, 0.1) is 18.3 Å². The fourth-order valence-electron chi connectivity index (χ4n) is 2.39. The lowest BCUT2D eigenvalue weighted by Crippen LogP contribution is -2.47. The smallest absolute Gasteiger partial charge is 0.427 e. The van der Waals surface area contributed by atoms with E-state index in [-0.39, 0.29) is 25.8 Å². The number of hydrogen-bond acceptors (Lipinski definition) is 6. The molecule has 0 unspecified atom stereocenters. The average molecular weight is 357 g/mol. The highest BCUT2D eigenvalue weighted by Gasteiger charge is 2.47. The molecule has 0 aliphatic carbocycles. The molecule has 0 amide bonds. The van der Waals surface area contributed by atoms with Gasteiger partial charge in [-0.3, -0.25) is 0 Å². The number of hydrogen-bond donors (Lipinski definition) is 5. The first kappa shape index (κ1) is 20.1. The molecule has 1 rings (SSSR count). The van der Waals surface area contributed by atoms with E-state index in [9.17, 15) is 8.42 Å². The lowest BCUT2D eigenvalue weighted by molar-refractivity contribution is 0.401. The Labute approximate surface area is 140 Å². The Hall–Kier alpha value is -1.98. The van der Waals surface area contributed by atoms with Crippen LogP contribution in [0.2, 0.25) is 6.32 Å². The van der Waals surface area contributed by atoms with E-state index in [1.807, 2.05) is 0 Å². The van der Waals surface area contributed by atoms with E-state index >= 15 is 0 Å². The summed E-state index contributed by atoms with van der Waals surface area (Å²) in [7, 11) is -5.70. The van der Waals surface area contributed by atoms with Gasteiger partial charge in [0.2, 0.25) is 0 Å². The average Bonchev–Trinajstić information content (AvgIpc) is 2.84. The van der Waals surface area contributed by atoms with Crippen molar-refractivity contribution in [2.24, 2.45) is 38.0 Å². The Balaban J connectivity index is 3.02. The van der Waals surface area contributed by atoms with Crippen molar-refractivity contribution in [1.82, 2.24) is 4.31 Å². The summed E-state index contributed by atoms with van der Waals surface area (Å²) in [5, 5.41) is 23.8. The molecule has 1 heterocycles. The largest absolute Gasteiger partial charge is 0.451 e. The number of nitrogens with zero attached hydrogens (tertiary/aromatic N) is 4. The zero-order valence-electron chi connectivity index (χ0n) is 12.9. The van der Waals surface area contributed by atoms with Crippen molar-refractivity contribution in [3.05, 3.63) is 12.2 Å². The molecule has 11 nitrogen and oxygen atoms in total. The lowest BCUT2D eigenvalue weighted by Gasteiger charge is -2.26. The van der Waals surface area contributed by atoms with Crippen LogP contribution in [0.5, 0.6) is 0 Å². The fraction of sp³-hybridized carbons (Fsp3) is 0.545. The minimum absolute atomic E-state index is 0.0325. The second kappa shape index (κ2) is 7.73. The van der Waals surface area contributed by atoms with Gasteiger partial charge in [-0.25, -0.2) is 0 Å². The van der Waals surface area contributed by atoms with Gasteiger partial charge in [0.25, 0.3) is 5.96 Å². The molecule has 132 valence electrons. The van der Waals surface area contributed by atoms with Gasteiger partial charge < -0.3 is 27.4 Å². The Morgan fingerprint density at radius 1 is 1.54 bits per heavy atom. The molecule has 0 spiro atoms. The Morgan fingerprint density at radius 3 is 2.67 bits per heavy atom. The van der Waals surface area contributed by atoms with Gasteiger partial charge in [0.1, 0.15) is 0 Å². The van der Waals surface area contributed by atoms with Crippen molar-refractivity contribution >= 4 is 23.3 Å². The third-order valence-corrected chi connectivity index (χ3v) is 4.98. The van der Waals surface area contributed by atoms with Gasteiger partial charge in [-0.15, -0.1) is 10.8 Å². The molecule has 2 atom stereocenters. The summed E-state index contributed by atoms with van der Waals surface area (Å²) >= 11 is 0. The van der Waals surface area contributed by atoms with E-state index in [1.165, 1.54) is 0 Å². The highest BCUT2D eigenvalue weighted by Crippen LogP contribution is 2.34. The van der Waals surface area contributed by atoms with Crippen LogP contribution < -0.4 is 17.3 Å². The zero-order valence-corrected chi connectivity index (χ0v) is 13.7. The van der Waals surface area contributed by atoms with Gasteiger partial charge >= 0.3 is 17.3 Å². The van der Waals surface area contributed by atoms with E-state index in [0.29, 0.717) is 5.57 Å². The Morgan fingerprint density at radius 2 is 2.17 bits per heavy atom. The van der Waals surface area contributed by atoms with Crippen LogP contribution in [-0.2, 0) is 10.2 Å². The first-order valence-electron chi connectivity index (χ1n) is 6.82. The van der Waals surface area contributed by atoms with Crippen molar-refractivity contribution in [2.45, 2.75) is 18.3 Å². The molecule has 1 fully saturated rings. The number of guanidine groups is 1. The highest BCUT2D eigenvalue weighted by molar-refractivity contribution is 7.88. The predicted octanol–water partition coefficient (Wildman–Crippen LogP) is -2.45. The summed E-state index contributed by atoms with van der Waals surface area (Å²) in [4.78, 5) is 0. The third kappa shape index (κ3) is 4.76. The summed E-state index contributed by atoms with van der Waals surface area (Å²) in [6, 6.07) is 0. The van der Waals surface area contributed by atoms with Crippen LogP contribution in [0.15, 0.2) is 26.9 Å². The first-order chi connectivity index (χ1) is 11.1. The summed E-state index contributed by atoms with van der Waals surface area (Å²) in [6.07, 6.45) is 5.72.